The van der Waals surface area contributed by atoms with Gasteiger partial charge in [0.05, 0.1) is 32.4 Å². The highest BCUT2D eigenvalue weighted by Gasteiger charge is 2.31. The van der Waals surface area contributed by atoms with Crippen LogP contribution in [0.2, 0.25) is 0 Å². The van der Waals surface area contributed by atoms with Crippen molar-refractivity contribution in [3.8, 4) is 17.2 Å². The molecule has 0 bridgehead atoms. The normalized spacial score (nSPS) is 10.2. The van der Waals surface area contributed by atoms with Crippen molar-refractivity contribution < 1.29 is 28.7 Å². The molecule has 1 aromatic rings. The summed E-state index contributed by atoms with van der Waals surface area (Å²) in [5.74, 6) is -0.887. The second-order valence-corrected chi connectivity index (χ2v) is 4.25. The summed E-state index contributed by atoms with van der Waals surface area (Å²) in [6, 6.07) is 1.05. The largest absolute Gasteiger partial charge is 0.492 e. The number of benzene rings is 1. The minimum absolute atomic E-state index is 0.0191. The third-order valence-electron chi connectivity index (χ3n) is 2.54. The molecule has 0 N–H and O–H groups in total. The van der Waals surface area contributed by atoms with Gasteiger partial charge in [-0.25, -0.2) is 4.79 Å². The molecule has 0 atom stereocenters. The zero-order chi connectivity index (χ0) is 16.2. The zero-order valence-electron chi connectivity index (χ0n) is 12.5. The van der Waals surface area contributed by atoms with Crippen LogP contribution in [-0.4, -0.2) is 38.3 Å². The zero-order valence-corrected chi connectivity index (χ0v) is 12.5. The molecule has 0 aromatic heterocycles. The average molecular weight is 299 g/mol. The Kier molecular flexibility index (Phi) is 5.34. The van der Waals surface area contributed by atoms with Crippen LogP contribution in [0.3, 0.4) is 0 Å². The van der Waals surface area contributed by atoms with Crippen LogP contribution in [0.15, 0.2) is 6.07 Å². The molecule has 21 heavy (non-hydrogen) atoms. The van der Waals surface area contributed by atoms with Gasteiger partial charge in [-0.05, 0) is 13.8 Å². The highest BCUT2D eigenvalue weighted by atomic mass is 16.6. The Morgan fingerprint density at radius 1 is 1.10 bits per heavy atom. The fourth-order valence-corrected chi connectivity index (χ4v) is 1.76. The molecule has 1 rings (SSSR count). The van der Waals surface area contributed by atoms with E-state index in [0.717, 1.165) is 6.07 Å². The smallest absolute Gasteiger partial charge is 0.342 e. The van der Waals surface area contributed by atoms with Crippen LogP contribution in [0.4, 0.5) is 5.69 Å². The van der Waals surface area contributed by atoms with E-state index in [1.807, 2.05) is 0 Å². The number of carbonyl (C=O) groups is 1. The highest BCUT2D eigenvalue weighted by Crippen LogP contribution is 2.46. The Bertz CT molecular complexity index is 554. The van der Waals surface area contributed by atoms with Crippen molar-refractivity contribution in [3.05, 3.63) is 21.7 Å². The molecule has 0 saturated heterocycles. The predicted octanol–water partition coefficient (Wildman–Crippen LogP) is 2.19. The van der Waals surface area contributed by atoms with Crippen LogP contribution < -0.4 is 14.2 Å². The van der Waals surface area contributed by atoms with E-state index in [0.29, 0.717) is 0 Å². The Morgan fingerprint density at radius 2 is 1.62 bits per heavy atom. The van der Waals surface area contributed by atoms with Gasteiger partial charge in [-0.3, -0.25) is 10.1 Å². The lowest BCUT2D eigenvalue weighted by atomic mass is 10.1. The number of ether oxygens (including phenoxy) is 4. The summed E-state index contributed by atoms with van der Waals surface area (Å²) < 4.78 is 20.2. The first kappa shape index (κ1) is 16.5. The first-order valence-electron chi connectivity index (χ1n) is 6.05. The number of nitrogens with zero attached hydrogens (tertiary/aromatic N) is 1. The molecule has 0 fully saturated rings. The fourth-order valence-electron chi connectivity index (χ4n) is 1.76. The second kappa shape index (κ2) is 6.78. The Labute approximate surface area is 121 Å². The molecule has 0 radical (unpaired) electrons. The van der Waals surface area contributed by atoms with E-state index < -0.39 is 16.6 Å². The van der Waals surface area contributed by atoms with Crippen LogP contribution in [0.1, 0.15) is 24.2 Å². The van der Waals surface area contributed by atoms with Gasteiger partial charge in [-0.2, -0.15) is 0 Å². The van der Waals surface area contributed by atoms with E-state index in [2.05, 4.69) is 0 Å². The second-order valence-electron chi connectivity index (χ2n) is 4.25. The first-order valence-corrected chi connectivity index (χ1v) is 6.05. The lowest BCUT2D eigenvalue weighted by Crippen LogP contribution is -2.14. The molecule has 0 aliphatic carbocycles. The van der Waals surface area contributed by atoms with Gasteiger partial charge in [0.15, 0.2) is 5.75 Å². The monoisotopic (exact) mass is 299 g/mol. The van der Waals surface area contributed by atoms with Gasteiger partial charge >= 0.3 is 11.7 Å². The molecule has 116 valence electrons. The maximum Gasteiger partial charge on any atom is 0.342 e. The van der Waals surface area contributed by atoms with Crippen molar-refractivity contribution in [2.75, 3.05) is 21.3 Å². The van der Waals surface area contributed by atoms with E-state index in [1.165, 1.54) is 21.3 Å². The molecule has 0 amide bonds. The first-order chi connectivity index (χ1) is 9.87. The van der Waals surface area contributed by atoms with Gasteiger partial charge in [0.1, 0.15) is 5.56 Å². The summed E-state index contributed by atoms with van der Waals surface area (Å²) in [7, 11) is 3.87. The van der Waals surface area contributed by atoms with Crippen molar-refractivity contribution in [1.29, 1.82) is 0 Å². The molecule has 8 nitrogen and oxygen atoms in total. The van der Waals surface area contributed by atoms with Crippen LogP contribution in [-0.2, 0) is 4.74 Å². The summed E-state index contributed by atoms with van der Waals surface area (Å²) in [5, 5.41) is 11.1. The van der Waals surface area contributed by atoms with E-state index >= 15 is 0 Å². The number of carbonyl (C=O) groups excluding carboxylic acids is 1. The van der Waals surface area contributed by atoms with Crippen molar-refractivity contribution in [2.45, 2.75) is 20.0 Å². The third kappa shape index (κ3) is 3.33. The summed E-state index contributed by atoms with van der Waals surface area (Å²) in [6.45, 7) is 3.33. The molecule has 0 unspecified atom stereocenters. The number of hydrogen-bond donors (Lipinski definition) is 0. The van der Waals surface area contributed by atoms with Crippen LogP contribution in [0.25, 0.3) is 0 Å². The molecule has 8 heteroatoms. The predicted molar refractivity (Wildman–Crippen MR) is 73.3 cm³/mol. The van der Waals surface area contributed by atoms with Crippen LogP contribution in [0.5, 0.6) is 17.2 Å². The lowest BCUT2D eigenvalue weighted by Gasteiger charge is -2.16. The van der Waals surface area contributed by atoms with E-state index in [4.69, 9.17) is 18.9 Å². The number of hydrogen-bond acceptors (Lipinski definition) is 7. The van der Waals surface area contributed by atoms with Crippen molar-refractivity contribution in [2.24, 2.45) is 0 Å². The Balaban J connectivity index is 3.59. The number of nitro groups is 1. The standard InChI is InChI=1S/C13H17NO7/c1-7(2)21-13(15)8-6-9(14(16)17)11(19-4)12(20-5)10(8)18-3/h6-7H,1-5H3. The van der Waals surface area contributed by atoms with Gasteiger partial charge in [0.25, 0.3) is 0 Å². The molecule has 0 heterocycles. The number of nitro benzene ring substituents is 1. The SMILES string of the molecule is COc1c(C(=O)OC(C)C)cc([N+](=O)[O-])c(OC)c1OC. The number of esters is 1. The van der Waals surface area contributed by atoms with Gasteiger partial charge in [0.2, 0.25) is 11.5 Å². The molecule has 0 aliphatic rings. The molecule has 1 aromatic carbocycles. The van der Waals surface area contributed by atoms with Crippen LogP contribution in [0, 0.1) is 10.1 Å². The van der Waals surface area contributed by atoms with E-state index in [1.54, 1.807) is 13.8 Å². The van der Waals surface area contributed by atoms with Gasteiger partial charge in [-0.1, -0.05) is 0 Å². The summed E-state index contributed by atoms with van der Waals surface area (Å²) in [5.41, 5.74) is -0.513. The van der Waals surface area contributed by atoms with Gasteiger partial charge in [-0.15, -0.1) is 0 Å². The topological polar surface area (TPSA) is 97.1 Å². The molecule has 0 spiro atoms. The molecular weight excluding hydrogens is 282 g/mol. The van der Waals surface area contributed by atoms with Crippen LogP contribution >= 0.6 is 0 Å². The van der Waals surface area contributed by atoms with E-state index in [9.17, 15) is 14.9 Å². The summed E-state index contributed by atoms with van der Waals surface area (Å²) in [6.07, 6.45) is -0.380. The molecular formula is C13H17NO7. The lowest BCUT2D eigenvalue weighted by molar-refractivity contribution is -0.385. The summed E-state index contributed by atoms with van der Waals surface area (Å²) in [4.78, 5) is 22.5. The Morgan fingerprint density at radius 3 is 2.00 bits per heavy atom. The van der Waals surface area contributed by atoms with Crippen molar-refractivity contribution in [1.82, 2.24) is 0 Å². The molecule has 0 aliphatic heterocycles. The van der Waals surface area contributed by atoms with Gasteiger partial charge < -0.3 is 18.9 Å². The quantitative estimate of drug-likeness (QED) is 0.451. The molecule has 0 saturated carbocycles. The fraction of sp³-hybridized carbons (Fsp3) is 0.462. The Hall–Kier alpha value is -2.51. The average Bonchev–Trinajstić information content (AvgIpc) is 2.43. The highest BCUT2D eigenvalue weighted by molar-refractivity contribution is 5.95. The summed E-state index contributed by atoms with van der Waals surface area (Å²) >= 11 is 0. The van der Waals surface area contributed by atoms with Crippen molar-refractivity contribution in [3.63, 3.8) is 0 Å². The maximum absolute atomic E-state index is 12.1. The van der Waals surface area contributed by atoms with Gasteiger partial charge in [0, 0.05) is 6.07 Å². The van der Waals surface area contributed by atoms with E-state index in [-0.39, 0.29) is 28.9 Å². The van der Waals surface area contributed by atoms with Crippen molar-refractivity contribution >= 4 is 11.7 Å². The third-order valence-corrected chi connectivity index (χ3v) is 2.54. The number of methoxy groups -OCH3 is 3. The minimum atomic E-state index is -0.745. The number of rotatable bonds is 6. The minimum Gasteiger partial charge on any atom is -0.492 e. The maximum atomic E-state index is 12.1.